The molecule has 0 aromatic carbocycles. The van der Waals surface area contributed by atoms with Crippen molar-refractivity contribution < 1.29 is 14.6 Å². The first kappa shape index (κ1) is 12.8. The summed E-state index contributed by atoms with van der Waals surface area (Å²) in [6.07, 6.45) is 0.346. The SMILES string of the molecule is C=C.CCC(CO)OC(C)=O. The molecule has 0 heterocycles. The van der Waals surface area contributed by atoms with Crippen LogP contribution in [0.25, 0.3) is 0 Å². The average molecular weight is 160 g/mol. The molecule has 0 aromatic heterocycles. The minimum Gasteiger partial charge on any atom is -0.460 e. The Balaban J connectivity index is 0. The molecule has 0 aliphatic carbocycles. The van der Waals surface area contributed by atoms with Crippen LogP contribution in [-0.2, 0) is 9.53 Å². The zero-order valence-corrected chi connectivity index (χ0v) is 7.17. The summed E-state index contributed by atoms with van der Waals surface area (Å²) in [7, 11) is 0. The lowest BCUT2D eigenvalue weighted by Crippen LogP contribution is -2.18. The van der Waals surface area contributed by atoms with Crippen molar-refractivity contribution in [2.75, 3.05) is 6.61 Å². The molecule has 0 radical (unpaired) electrons. The molecule has 0 saturated heterocycles. The Kier molecular flexibility index (Phi) is 10.7. The molecule has 0 aliphatic rings. The monoisotopic (exact) mass is 160 g/mol. The lowest BCUT2D eigenvalue weighted by molar-refractivity contribution is -0.148. The highest BCUT2D eigenvalue weighted by Gasteiger charge is 2.05. The van der Waals surface area contributed by atoms with E-state index < -0.39 is 0 Å². The van der Waals surface area contributed by atoms with Crippen LogP contribution in [0.3, 0.4) is 0 Å². The van der Waals surface area contributed by atoms with E-state index in [-0.39, 0.29) is 18.7 Å². The van der Waals surface area contributed by atoms with Crippen molar-refractivity contribution >= 4 is 5.97 Å². The first-order valence-corrected chi connectivity index (χ1v) is 3.48. The van der Waals surface area contributed by atoms with Crippen molar-refractivity contribution in [3.05, 3.63) is 13.2 Å². The number of ether oxygens (including phenoxy) is 1. The van der Waals surface area contributed by atoms with Gasteiger partial charge in [-0.1, -0.05) is 6.92 Å². The molecule has 1 atom stereocenters. The number of hydrogen-bond donors (Lipinski definition) is 1. The average Bonchev–Trinajstić information content (AvgIpc) is 2.03. The van der Waals surface area contributed by atoms with E-state index in [1.807, 2.05) is 6.92 Å². The molecule has 11 heavy (non-hydrogen) atoms. The van der Waals surface area contributed by atoms with Crippen LogP contribution in [0.5, 0.6) is 0 Å². The highest BCUT2D eigenvalue weighted by Crippen LogP contribution is 1.95. The van der Waals surface area contributed by atoms with E-state index in [4.69, 9.17) is 5.11 Å². The topological polar surface area (TPSA) is 46.5 Å². The first-order valence-electron chi connectivity index (χ1n) is 3.48. The van der Waals surface area contributed by atoms with Gasteiger partial charge in [0.2, 0.25) is 0 Å². The van der Waals surface area contributed by atoms with Gasteiger partial charge >= 0.3 is 5.97 Å². The zero-order valence-electron chi connectivity index (χ0n) is 7.17. The Morgan fingerprint density at radius 2 is 2.09 bits per heavy atom. The van der Waals surface area contributed by atoms with Gasteiger partial charge < -0.3 is 9.84 Å². The second-order valence-corrected chi connectivity index (χ2v) is 1.82. The maximum absolute atomic E-state index is 10.2. The van der Waals surface area contributed by atoms with Crippen LogP contribution in [0.2, 0.25) is 0 Å². The van der Waals surface area contributed by atoms with Crippen molar-refractivity contribution in [1.29, 1.82) is 0 Å². The van der Waals surface area contributed by atoms with Crippen LogP contribution in [-0.4, -0.2) is 23.8 Å². The second-order valence-electron chi connectivity index (χ2n) is 1.82. The molecular formula is C8H16O3. The molecule has 0 spiro atoms. The van der Waals surface area contributed by atoms with Gasteiger partial charge in [-0.25, -0.2) is 0 Å². The molecule has 0 fully saturated rings. The number of rotatable bonds is 3. The number of esters is 1. The fourth-order valence-corrected chi connectivity index (χ4v) is 0.484. The van der Waals surface area contributed by atoms with Crippen LogP contribution in [0.1, 0.15) is 20.3 Å². The summed E-state index contributed by atoms with van der Waals surface area (Å²) in [6.45, 7) is 9.10. The van der Waals surface area contributed by atoms with Crippen LogP contribution < -0.4 is 0 Å². The Hall–Kier alpha value is -0.830. The number of carbonyl (C=O) groups is 1. The van der Waals surface area contributed by atoms with E-state index in [9.17, 15) is 4.79 Å². The normalized spacial score (nSPS) is 10.8. The van der Waals surface area contributed by atoms with Gasteiger partial charge in [-0.2, -0.15) is 0 Å². The second kappa shape index (κ2) is 9.17. The van der Waals surface area contributed by atoms with Gasteiger partial charge in [0.1, 0.15) is 6.10 Å². The van der Waals surface area contributed by atoms with Crippen molar-refractivity contribution in [3.8, 4) is 0 Å². The number of aliphatic hydroxyl groups is 1. The third-order valence-electron chi connectivity index (χ3n) is 0.992. The van der Waals surface area contributed by atoms with Gasteiger partial charge in [0.05, 0.1) is 6.61 Å². The number of aliphatic hydroxyl groups excluding tert-OH is 1. The van der Waals surface area contributed by atoms with Gasteiger partial charge in [-0.15, -0.1) is 13.2 Å². The fourth-order valence-electron chi connectivity index (χ4n) is 0.484. The van der Waals surface area contributed by atoms with E-state index in [1.54, 1.807) is 0 Å². The first-order chi connectivity index (χ1) is 5.20. The number of hydrogen-bond acceptors (Lipinski definition) is 3. The molecule has 1 N–H and O–H groups in total. The Bertz CT molecular complexity index is 97.5. The van der Waals surface area contributed by atoms with Gasteiger partial charge in [-0.3, -0.25) is 4.79 Å². The van der Waals surface area contributed by atoms with E-state index in [0.29, 0.717) is 6.42 Å². The summed E-state index contributed by atoms with van der Waals surface area (Å²) in [5.74, 6) is -0.337. The Morgan fingerprint density at radius 3 is 2.18 bits per heavy atom. The Labute approximate surface area is 67.7 Å². The molecule has 66 valence electrons. The van der Waals surface area contributed by atoms with Crippen molar-refractivity contribution in [3.63, 3.8) is 0 Å². The number of carbonyl (C=O) groups excluding carboxylic acids is 1. The molecule has 3 heteroatoms. The molecule has 0 bridgehead atoms. The summed E-state index contributed by atoms with van der Waals surface area (Å²) in [5.41, 5.74) is 0. The molecule has 0 saturated carbocycles. The summed E-state index contributed by atoms with van der Waals surface area (Å²) in [6, 6.07) is 0. The fraction of sp³-hybridized carbons (Fsp3) is 0.625. The molecule has 0 aromatic rings. The van der Waals surface area contributed by atoms with Gasteiger partial charge in [-0.05, 0) is 6.42 Å². The van der Waals surface area contributed by atoms with Crippen molar-refractivity contribution in [1.82, 2.24) is 0 Å². The third kappa shape index (κ3) is 9.17. The zero-order chi connectivity index (χ0) is 9.28. The molecule has 1 unspecified atom stereocenters. The highest BCUT2D eigenvalue weighted by molar-refractivity contribution is 5.66. The lowest BCUT2D eigenvalue weighted by Gasteiger charge is -2.10. The summed E-state index contributed by atoms with van der Waals surface area (Å²) < 4.78 is 4.66. The summed E-state index contributed by atoms with van der Waals surface area (Å²) in [4.78, 5) is 10.2. The smallest absolute Gasteiger partial charge is 0.302 e. The predicted molar refractivity (Wildman–Crippen MR) is 44.2 cm³/mol. The predicted octanol–water partition coefficient (Wildman–Crippen LogP) is 1.12. The van der Waals surface area contributed by atoms with Crippen LogP contribution in [0, 0.1) is 0 Å². The highest BCUT2D eigenvalue weighted by atomic mass is 16.5. The molecule has 0 aliphatic heterocycles. The van der Waals surface area contributed by atoms with Crippen molar-refractivity contribution in [2.45, 2.75) is 26.4 Å². The lowest BCUT2D eigenvalue weighted by atomic mass is 10.3. The van der Waals surface area contributed by atoms with E-state index in [0.717, 1.165) is 0 Å². The third-order valence-corrected chi connectivity index (χ3v) is 0.992. The van der Waals surface area contributed by atoms with Gasteiger partial charge in [0, 0.05) is 6.92 Å². The largest absolute Gasteiger partial charge is 0.460 e. The van der Waals surface area contributed by atoms with Gasteiger partial charge in [0.25, 0.3) is 0 Å². The summed E-state index contributed by atoms with van der Waals surface area (Å²) >= 11 is 0. The van der Waals surface area contributed by atoms with Crippen molar-refractivity contribution in [2.24, 2.45) is 0 Å². The molecular weight excluding hydrogens is 144 g/mol. The maximum Gasteiger partial charge on any atom is 0.302 e. The van der Waals surface area contributed by atoms with Crippen LogP contribution in [0.15, 0.2) is 13.2 Å². The van der Waals surface area contributed by atoms with Gasteiger partial charge in [0.15, 0.2) is 0 Å². The quantitative estimate of drug-likeness (QED) is 0.497. The minimum atomic E-state index is -0.337. The van der Waals surface area contributed by atoms with E-state index >= 15 is 0 Å². The Morgan fingerprint density at radius 1 is 1.64 bits per heavy atom. The van der Waals surface area contributed by atoms with E-state index in [1.165, 1.54) is 6.92 Å². The maximum atomic E-state index is 10.2. The minimum absolute atomic E-state index is 0.0872. The molecule has 3 nitrogen and oxygen atoms in total. The van der Waals surface area contributed by atoms with Crippen LogP contribution >= 0.6 is 0 Å². The molecule has 0 amide bonds. The van der Waals surface area contributed by atoms with Crippen LogP contribution in [0.4, 0.5) is 0 Å². The standard InChI is InChI=1S/C6H12O3.C2H4/c1-3-6(4-7)9-5(2)8;1-2/h6-7H,3-4H2,1-2H3;1-2H2. The van der Waals surface area contributed by atoms with E-state index in [2.05, 4.69) is 17.9 Å². The molecule has 0 rings (SSSR count). The summed E-state index contributed by atoms with van der Waals surface area (Å²) in [5, 5.41) is 8.50.